The number of benzene rings is 1. The molecule has 0 spiro atoms. The molecule has 3 heterocycles. The molecule has 174 valence electrons. The average Bonchev–Trinajstić information content (AvgIpc) is 3.14. The maximum atomic E-state index is 15.1. The van der Waals surface area contributed by atoms with E-state index in [4.69, 9.17) is 9.47 Å². The van der Waals surface area contributed by atoms with Crippen molar-refractivity contribution in [2.24, 2.45) is 0 Å². The lowest BCUT2D eigenvalue weighted by Crippen LogP contribution is -2.46. The number of amides is 1. The number of morpholine rings is 1. The van der Waals surface area contributed by atoms with Crippen LogP contribution in [-0.2, 0) is 20.6 Å². The molecule has 33 heavy (non-hydrogen) atoms. The van der Waals surface area contributed by atoms with Crippen molar-refractivity contribution in [1.29, 1.82) is 0 Å². The van der Waals surface area contributed by atoms with E-state index in [1.807, 2.05) is 0 Å². The molecular weight excluding hydrogens is 438 g/mol. The molecule has 0 N–H and O–H groups in total. The van der Waals surface area contributed by atoms with Gasteiger partial charge in [0.15, 0.2) is 0 Å². The van der Waals surface area contributed by atoms with E-state index in [9.17, 15) is 9.59 Å². The fraction of sp³-hybridized carbons (Fsp3) is 0.364. The summed E-state index contributed by atoms with van der Waals surface area (Å²) in [7, 11) is 2.43. The van der Waals surface area contributed by atoms with E-state index in [1.165, 1.54) is 18.3 Å². The van der Waals surface area contributed by atoms with E-state index >= 15 is 8.78 Å². The number of hydrogen-bond donors (Lipinski definition) is 0. The average molecular weight is 460 g/mol. The molecule has 0 saturated carbocycles. The third-order valence-electron chi connectivity index (χ3n) is 5.44. The van der Waals surface area contributed by atoms with Crippen molar-refractivity contribution >= 4 is 17.7 Å². The van der Waals surface area contributed by atoms with E-state index in [2.05, 4.69) is 14.7 Å². The Morgan fingerprint density at radius 2 is 1.91 bits per heavy atom. The highest BCUT2D eigenvalue weighted by Gasteiger charge is 2.29. The van der Waals surface area contributed by atoms with Gasteiger partial charge in [0.1, 0.15) is 23.6 Å². The largest absolute Gasteiger partial charge is 0.465 e. The third kappa shape index (κ3) is 4.36. The number of imidazole rings is 1. The molecule has 0 radical (unpaired) electrons. The van der Waals surface area contributed by atoms with Gasteiger partial charge in [-0.15, -0.1) is 0 Å². The van der Waals surface area contributed by atoms with Crippen LogP contribution < -0.4 is 0 Å². The van der Waals surface area contributed by atoms with E-state index in [1.54, 1.807) is 17.4 Å². The summed E-state index contributed by atoms with van der Waals surface area (Å²) in [5.41, 5.74) is 1.02. The van der Waals surface area contributed by atoms with Gasteiger partial charge in [-0.05, 0) is 19.1 Å². The summed E-state index contributed by atoms with van der Waals surface area (Å²) in [5, 5.41) is 0. The van der Waals surface area contributed by atoms with Crippen LogP contribution in [0.25, 0.3) is 16.9 Å². The van der Waals surface area contributed by atoms with Crippen LogP contribution in [0.3, 0.4) is 0 Å². The van der Waals surface area contributed by atoms with E-state index in [0.29, 0.717) is 30.2 Å². The first-order chi connectivity index (χ1) is 15.8. The smallest absolute Gasteiger partial charge is 0.409 e. The van der Waals surface area contributed by atoms with Gasteiger partial charge >= 0.3 is 12.1 Å². The molecule has 0 bridgehead atoms. The zero-order valence-corrected chi connectivity index (χ0v) is 18.3. The zero-order valence-electron chi connectivity index (χ0n) is 18.3. The molecule has 3 aromatic rings. The molecule has 1 saturated heterocycles. The van der Waals surface area contributed by atoms with Crippen LogP contribution in [-0.4, -0.2) is 71.4 Å². The highest BCUT2D eigenvalue weighted by Crippen LogP contribution is 2.32. The number of halogens is 2. The Bertz CT molecular complexity index is 1210. The van der Waals surface area contributed by atoms with Gasteiger partial charge in [-0.2, -0.15) is 0 Å². The first-order valence-electron chi connectivity index (χ1n) is 10.2. The van der Waals surface area contributed by atoms with Crippen LogP contribution in [0.4, 0.5) is 13.6 Å². The molecule has 1 fully saturated rings. The highest BCUT2D eigenvalue weighted by atomic mass is 19.1. The molecule has 2 aromatic heterocycles. The van der Waals surface area contributed by atoms with Crippen LogP contribution >= 0.6 is 0 Å². The Morgan fingerprint density at radius 1 is 1.18 bits per heavy atom. The van der Waals surface area contributed by atoms with Gasteiger partial charge in [0.25, 0.3) is 0 Å². The fourth-order valence-corrected chi connectivity index (χ4v) is 3.87. The SMILES string of the molecule is COC(=O)c1cc(F)c(-c2nc3cc(C)ncn3c2CC2CN(C(=O)OC)CCO2)c(F)c1. The first kappa shape index (κ1) is 22.6. The fourth-order valence-electron chi connectivity index (χ4n) is 3.87. The summed E-state index contributed by atoms with van der Waals surface area (Å²) in [6, 6.07) is 3.52. The number of hydrogen-bond acceptors (Lipinski definition) is 7. The van der Waals surface area contributed by atoms with E-state index in [-0.39, 0.29) is 29.8 Å². The Morgan fingerprint density at radius 3 is 2.58 bits per heavy atom. The van der Waals surface area contributed by atoms with Crippen molar-refractivity contribution in [3.05, 3.63) is 53.1 Å². The molecule has 1 aliphatic rings. The number of carbonyl (C=O) groups excluding carboxylic acids is 2. The Labute approximate surface area is 187 Å². The van der Waals surface area contributed by atoms with Crippen molar-refractivity contribution in [2.45, 2.75) is 19.4 Å². The number of ether oxygens (including phenoxy) is 3. The zero-order chi connectivity index (χ0) is 23.7. The predicted octanol–water partition coefficient (Wildman–Crippen LogP) is 2.78. The maximum Gasteiger partial charge on any atom is 0.409 e. The van der Waals surface area contributed by atoms with E-state index in [0.717, 1.165) is 19.2 Å². The molecular formula is C22H22F2N4O5. The Kier molecular flexibility index (Phi) is 6.23. The van der Waals surface area contributed by atoms with Crippen LogP contribution in [0.5, 0.6) is 0 Å². The van der Waals surface area contributed by atoms with Crippen LogP contribution in [0.2, 0.25) is 0 Å². The molecule has 1 aromatic carbocycles. The van der Waals surface area contributed by atoms with Gasteiger partial charge in [0, 0.05) is 24.7 Å². The van der Waals surface area contributed by atoms with Crippen molar-refractivity contribution < 1.29 is 32.6 Å². The lowest BCUT2D eigenvalue weighted by molar-refractivity contribution is -0.0241. The summed E-state index contributed by atoms with van der Waals surface area (Å²) in [5.74, 6) is -2.76. The van der Waals surface area contributed by atoms with Gasteiger partial charge in [-0.1, -0.05) is 0 Å². The van der Waals surface area contributed by atoms with E-state index < -0.39 is 29.8 Å². The number of esters is 1. The molecule has 1 amide bonds. The lowest BCUT2D eigenvalue weighted by Gasteiger charge is -2.32. The molecule has 0 aliphatic carbocycles. The second kappa shape index (κ2) is 9.10. The van der Waals surface area contributed by atoms with Crippen LogP contribution in [0.15, 0.2) is 24.5 Å². The van der Waals surface area contributed by atoms with Gasteiger partial charge < -0.3 is 19.1 Å². The number of nitrogens with zero attached hydrogens (tertiary/aromatic N) is 4. The Balaban J connectivity index is 1.79. The van der Waals surface area contributed by atoms with Gasteiger partial charge in [-0.25, -0.2) is 28.3 Å². The predicted molar refractivity (Wildman–Crippen MR) is 112 cm³/mol. The number of aromatic nitrogens is 3. The molecule has 1 atom stereocenters. The molecule has 4 rings (SSSR count). The van der Waals surface area contributed by atoms with Crippen molar-refractivity contribution in [1.82, 2.24) is 19.3 Å². The number of aryl methyl sites for hydroxylation is 1. The summed E-state index contributed by atoms with van der Waals surface area (Å²) in [6.07, 6.45) is 0.787. The number of rotatable bonds is 4. The number of carbonyl (C=O) groups is 2. The van der Waals surface area contributed by atoms with Crippen LogP contribution in [0, 0.1) is 18.6 Å². The number of methoxy groups -OCH3 is 2. The van der Waals surface area contributed by atoms with Crippen molar-refractivity contribution in [2.75, 3.05) is 33.9 Å². The minimum absolute atomic E-state index is 0.0626. The topological polar surface area (TPSA) is 95.3 Å². The highest BCUT2D eigenvalue weighted by molar-refractivity contribution is 5.90. The maximum absolute atomic E-state index is 15.1. The van der Waals surface area contributed by atoms with Gasteiger partial charge in [-0.3, -0.25) is 4.40 Å². The summed E-state index contributed by atoms with van der Waals surface area (Å²) in [4.78, 5) is 33.9. The molecule has 9 nitrogen and oxygen atoms in total. The monoisotopic (exact) mass is 460 g/mol. The van der Waals surface area contributed by atoms with Crippen molar-refractivity contribution in [3.8, 4) is 11.3 Å². The normalized spacial score (nSPS) is 16.2. The summed E-state index contributed by atoms with van der Waals surface area (Å²) in [6.45, 7) is 2.69. The minimum atomic E-state index is -0.953. The molecule has 11 heteroatoms. The number of fused-ring (bicyclic) bond motifs is 1. The lowest BCUT2D eigenvalue weighted by atomic mass is 10.0. The second-order valence-corrected chi connectivity index (χ2v) is 7.59. The van der Waals surface area contributed by atoms with Gasteiger partial charge in [0.2, 0.25) is 0 Å². The molecule has 1 aliphatic heterocycles. The first-order valence-corrected chi connectivity index (χ1v) is 10.2. The van der Waals surface area contributed by atoms with Crippen molar-refractivity contribution in [3.63, 3.8) is 0 Å². The quantitative estimate of drug-likeness (QED) is 0.553. The summed E-state index contributed by atoms with van der Waals surface area (Å²) < 4.78 is 46.9. The minimum Gasteiger partial charge on any atom is -0.465 e. The Hall–Kier alpha value is -3.60. The third-order valence-corrected chi connectivity index (χ3v) is 5.44. The summed E-state index contributed by atoms with van der Waals surface area (Å²) >= 11 is 0. The standard InChI is InChI=1S/C22H22F2N4O5/c1-12-6-18-26-20(19-15(23)7-13(8-16(19)24)21(29)31-2)17(28(18)11-25-12)9-14-10-27(4-5-33-14)22(30)32-3/h6-8,11,14H,4-5,9-10H2,1-3H3. The second-order valence-electron chi connectivity index (χ2n) is 7.59. The van der Waals surface area contributed by atoms with Gasteiger partial charge in [0.05, 0.1) is 56.0 Å². The van der Waals surface area contributed by atoms with Crippen LogP contribution in [0.1, 0.15) is 21.7 Å². The molecule has 1 unspecified atom stereocenters.